The Hall–Kier alpha value is -1.05. The first-order valence-corrected chi connectivity index (χ1v) is 6.52. The largest absolute Gasteiger partial charge is 0.207 e. The molecule has 0 heterocycles. The minimum absolute atomic E-state index is 0.313. The molecule has 0 aliphatic rings. The summed E-state index contributed by atoms with van der Waals surface area (Å²) >= 11 is 12.1. The van der Waals surface area contributed by atoms with Crippen LogP contribution in [0.15, 0.2) is 42.5 Å². The molecule has 2 aromatic rings. The lowest BCUT2D eigenvalue weighted by molar-refractivity contribution is 0.606. The highest BCUT2D eigenvalue weighted by Gasteiger charge is 2.14. The van der Waals surface area contributed by atoms with E-state index in [0.29, 0.717) is 17.0 Å². The van der Waals surface area contributed by atoms with E-state index in [1.807, 2.05) is 25.1 Å². The van der Waals surface area contributed by atoms with E-state index < -0.39 is 5.38 Å². The second kappa shape index (κ2) is 5.73. The van der Waals surface area contributed by atoms with Crippen LogP contribution < -0.4 is 0 Å². The molecule has 94 valence electrons. The molecule has 2 rings (SSSR count). The number of hydrogen-bond acceptors (Lipinski definition) is 0. The van der Waals surface area contributed by atoms with Crippen LogP contribution in [-0.2, 0) is 6.42 Å². The third kappa shape index (κ3) is 3.24. The second-order valence-corrected chi connectivity index (χ2v) is 5.29. The maximum atomic E-state index is 13.7. The topological polar surface area (TPSA) is 0 Å². The lowest BCUT2D eigenvalue weighted by Gasteiger charge is -2.12. The summed E-state index contributed by atoms with van der Waals surface area (Å²) in [5, 5.41) is 0.0896. The molecular formula is C15H13Cl2F. The van der Waals surface area contributed by atoms with Crippen LogP contribution in [0.25, 0.3) is 0 Å². The Morgan fingerprint density at radius 2 is 1.94 bits per heavy atom. The standard InChI is InChI=1S/C15H13Cl2F/c1-10-3-2-4-11(7-10)8-14(17)13-9-12(16)5-6-15(13)18/h2-7,9,14H,8H2,1H3. The lowest BCUT2D eigenvalue weighted by Crippen LogP contribution is -1.99. The summed E-state index contributed by atoms with van der Waals surface area (Å²) in [4.78, 5) is 0. The molecule has 0 amide bonds. The van der Waals surface area contributed by atoms with Crippen LogP contribution in [0, 0.1) is 12.7 Å². The molecular weight excluding hydrogens is 270 g/mol. The fraction of sp³-hybridized carbons (Fsp3) is 0.200. The van der Waals surface area contributed by atoms with Crippen LogP contribution in [0.4, 0.5) is 4.39 Å². The van der Waals surface area contributed by atoms with Crippen LogP contribution in [0.3, 0.4) is 0 Å². The second-order valence-electron chi connectivity index (χ2n) is 4.33. The van der Waals surface area contributed by atoms with Gasteiger partial charge in [-0.05, 0) is 37.1 Å². The molecule has 0 nitrogen and oxygen atoms in total. The maximum absolute atomic E-state index is 13.7. The molecule has 1 atom stereocenters. The highest BCUT2D eigenvalue weighted by Crippen LogP contribution is 2.29. The van der Waals surface area contributed by atoms with Gasteiger partial charge in [0.05, 0.1) is 5.38 Å². The molecule has 2 aromatic carbocycles. The van der Waals surface area contributed by atoms with Crippen molar-refractivity contribution in [2.75, 3.05) is 0 Å². The zero-order valence-corrected chi connectivity index (χ0v) is 11.5. The highest BCUT2D eigenvalue weighted by molar-refractivity contribution is 6.30. The Labute approximate surface area is 116 Å². The molecule has 0 aromatic heterocycles. The minimum Gasteiger partial charge on any atom is -0.207 e. The third-order valence-corrected chi connectivity index (χ3v) is 3.42. The van der Waals surface area contributed by atoms with Gasteiger partial charge in [0.1, 0.15) is 5.82 Å². The third-order valence-electron chi connectivity index (χ3n) is 2.79. The Kier molecular flexibility index (Phi) is 4.26. The molecule has 0 fully saturated rings. The van der Waals surface area contributed by atoms with Gasteiger partial charge in [-0.1, -0.05) is 41.4 Å². The molecule has 0 radical (unpaired) electrons. The van der Waals surface area contributed by atoms with E-state index in [4.69, 9.17) is 23.2 Å². The summed E-state index contributed by atoms with van der Waals surface area (Å²) in [6.45, 7) is 2.02. The Morgan fingerprint density at radius 3 is 2.67 bits per heavy atom. The van der Waals surface area contributed by atoms with Crippen LogP contribution in [0.1, 0.15) is 22.1 Å². The first kappa shape index (κ1) is 13.4. The molecule has 18 heavy (non-hydrogen) atoms. The normalized spacial score (nSPS) is 12.4. The van der Waals surface area contributed by atoms with Crippen molar-refractivity contribution in [1.82, 2.24) is 0 Å². The summed E-state index contributed by atoms with van der Waals surface area (Å²) < 4.78 is 13.7. The number of alkyl halides is 1. The minimum atomic E-state index is -0.412. The van der Waals surface area contributed by atoms with Crippen LogP contribution in [0.5, 0.6) is 0 Å². The summed E-state index contributed by atoms with van der Waals surface area (Å²) in [6, 6.07) is 12.5. The van der Waals surface area contributed by atoms with Gasteiger partial charge in [-0.2, -0.15) is 0 Å². The lowest BCUT2D eigenvalue weighted by atomic mass is 10.0. The van der Waals surface area contributed by atoms with Gasteiger partial charge in [0.2, 0.25) is 0 Å². The molecule has 1 unspecified atom stereocenters. The molecule has 0 aliphatic heterocycles. The van der Waals surface area contributed by atoms with Gasteiger partial charge >= 0.3 is 0 Å². The van der Waals surface area contributed by atoms with Crippen LogP contribution >= 0.6 is 23.2 Å². The summed E-state index contributed by atoms with van der Waals surface area (Å²) in [5.74, 6) is -0.313. The zero-order chi connectivity index (χ0) is 13.1. The summed E-state index contributed by atoms with van der Waals surface area (Å²) in [7, 11) is 0. The molecule has 0 spiro atoms. The fourth-order valence-electron chi connectivity index (χ4n) is 1.91. The van der Waals surface area contributed by atoms with E-state index in [-0.39, 0.29) is 5.82 Å². The van der Waals surface area contributed by atoms with Crippen LogP contribution in [0.2, 0.25) is 5.02 Å². The monoisotopic (exact) mass is 282 g/mol. The summed E-state index contributed by atoms with van der Waals surface area (Å²) in [6.07, 6.45) is 0.584. The van der Waals surface area contributed by atoms with Crippen molar-refractivity contribution in [2.24, 2.45) is 0 Å². The Bertz CT molecular complexity index is 552. The van der Waals surface area contributed by atoms with Gasteiger partial charge in [-0.25, -0.2) is 4.39 Å². The molecule has 0 saturated heterocycles. The highest BCUT2D eigenvalue weighted by atomic mass is 35.5. The summed E-state index contributed by atoms with van der Waals surface area (Å²) in [5.41, 5.74) is 2.71. The van der Waals surface area contributed by atoms with Crippen molar-refractivity contribution in [3.8, 4) is 0 Å². The van der Waals surface area contributed by atoms with Crippen LogP contribution in [-0.4, -0.2) is 0 Å². The number of hydrogen-bond donors (Lipinski definition) is 0. The van der Waals surface area contributed by atoms with E-state index in [1.54, 1.807) is 6.07 Å². The predicted molar refractivity (Wildman–Crippen MR) is 74.9 cm³/mol. The SMILES string of the molecule is Cc1cccc(CC(Cl)c2cc(Cl)ccc2F)c1. The van der Waals surface area contributed by atoms with Gasteiger partial charge in [0, 0.05) is 10.6 Å². The van der Waals surface area contributed by atoms with E-state index >= 15 is 0 Å². The van der Waals surface area contributed by atoms with Crippen molar-refractivity contribution < 1.29 is 4.39 Å². The fourth-order valence-corrected chi connectivity index (χ4v) is 2.44. The molecule has 0 N–H and O–H groups in total. The average Bonchev–Trinajstić information content (AvgIpc) is 2.32. The van der Waals surface area contributed by atoms with E-state index in [9.17, 15) is 4.39 Å². The molecule has 0 saturated carbocycles. The van der Waals surface area contributed by atoms with Gasteiger partial charge in [-0.15, -0.1) is 11.6 Å². The first-order chi connectivity index (χ1) is 8.56. The smallest absolute Gasteiger partial charge is 0.128 e. The number of benzene rings is 2. The van der Waals surface area contributed by atoms with Gasteiger partial charge in [0.15, 0.2) is 0 Å². The van der Waals surface area contributed by atoms with Crippen molar-refractivity contribution >= 4 is 23.2 Å². The van der Waals surface area contributed by atoms with E-state index in [0.717, 1.165) is 5.56 Å². The van der Waals surface area contributed by atoms with Crippen molar-refractivity contribution in [3.05, 3.63) is 70.0 Å². The van der Waals surface area contributed by atoms with Gasteiger partial charge in [-0.3, -0.25) is 0 Å². The predicted octanol–water partition coefficient (Wildman–Crippen LogP) is 5.31. The van der Waals surface area contributed by atoms with Gasteiger partial charge in [0.25, 0.3) is 0 Å². The maximum Gasteiger partial charge on any atom is 0.128 e. The van der Waals surface area contributed by atoms with E-state index in [1.165, 1.54) is 17.7 Å². The quantitative estimate of drug-likeness (QED) is 0.669. The molecule has 0 aliphatic carbocycles. The number of rotatable bonds is 3. The van der Waals surface area contributed by atoms with Crippen molar-refractivity contribution in [2.45, 2.75) is 18.7 Å². The van der Waals surface area contributed by atoms with Gasteiger partial charge < -0.3 is 0 Å². The number of halogens is 3. The zero-order valence-electron chi connectivity index (χ0n) is 9.96. The van der Waals surface area contributed by atoms with Crippen molar-refractivity contribution in [3.63, 3.8) is 0 Å². The molecule has 0 bridgehead atoms. The first-order valence-electron chi connectivity index (χ1n) is 5.71. The molecule has 3 heteroatoms. The van der Waals surface area contributed by atoms with Crippen molar-refractivity contribution in [1.29, 1.82) is 0 Å². The Balaban J connectivity index is 2.21. The Morgan fingerprint density at radius 1 is 1.17 bits per heavy atom. The van der Waals surface area contributed by atoms with E-state index in [2.05, 4.69) is 6.07 Å². The average molecular weight is 283 g/mol. The number of aryl methyl sites for hydroxylation is 1.